The highest BCUT2D eigenvalue weighted by atomic mass is 16.5. The molecule has 3 heterocycles. The van der Waals surface area contributed by atoms with Crippen molar-refractivity contribution < 1.29 is 58.1 Å². The van der Waals surface area contributed by atoms with E-state index in [-0.39, 0.29) is 82.8 Å². The van der Waals surface area contributed by atoms with Crippen LogP contribution >= 0.6 is 0 Å². The quantitative estimate of drug-likeness (QED) is 0.0912. The van der Waals surface area contributed by atoms with Crippen molar-refractivity contribution in [2.24, 2.45) is 40.9 Å². The number of rotatable bonds is 14. The monoisotopic (exact) mass is 1080 g/mol. The molecule has 24 heteroatoms. The lowest BCUT2D eigenvalue weighted by atomic mass is 9.92. The Morgan fingerprint density at radius 1 is 0.584 bits per heavy atom. The van der Waals surface area contributed by atoms with Gasteiger partial charge in [-0.05, 0) is 93.7 Å². The molecule has 0 unspecified atom stereocenters. The molecule has 3 saturated heterocycles. The first kappa shape index (κ1) is 63.7. The molecule has 0 radical (unpaired) electrons. The van der Waals surface area contributed by atoms with Crippen molar-refractivity contribution in [1.29, 1.82) is 0 Å². The van der Waals surface area contributed by atoms with E-state index in [9.17, 15) is 53.4 Å². The summed E-state index contributed by atoms with van der Waals surface area (Å²) < 4.78 is 5.95. The SMILES string of the molecule is CC(C)C[C@@H]1NC(=O)[C@H](CCCN)NC(=O)[C@H](C(C)C)NC(=O)[C@@H]2CCCN2C(=O)[C@H](Cc2ccccc2)NC(=O)[C@H](CC(C)C)NC(=O)[C@H](CCCN)NC(=O)[C@H](C(C)C)NC(=O)[C@@H]2O[C@H](CNC1=O)[C@@H](O)[C@H](O)[C@H]2N. The first-order valence-electron chi connectivity index (χ1n) is 27.3. The Labute approximate surface area is 452 Å². The van der Waals surface area contributed by atoms with Gasteiger partial charge in [-0.2, -0.15) is 0 Å². The fourth-order valence-electron chi connectivity index (χ4n) is 9.75. The molecular weight excluding hydrogens is 997 g/mol. The number of hydrogen-bond acceptors (Lipinski definition) is 15. The predicted octanol–water partition coefficient (Wildman–Crippen LogP) is -2.56. The number of ether oxygens (including phenoxy) is 1. The van der Waals surface area contributed by atoms with E-state index in [4.69, 9.17) is 21.9 Å². The first-order valence-corrected chi connectivity index (χ1v) is 27.3. The standard InChI is InChI=1S/C53H88N12O12/c1-27(2)23-34-45(68)57-26-38-42(66)43(67)39(56)44(77-38)52(75)64-41(30(7)8)51(74)59-33(18-13-21-55)47(70)61-35(24-28(3)4)48(71)62-36(25-31-15-10-9-11-16-31)53(76)65-22-14-19-37(65)49(72)63-40(29(5)6)50(73)58-32(17-12-20-54)46(69)60-34/h9-11,15-16,27-30,32-44,66-67H,12-14,17-26,54-56H2,1-8H3,(H,57,68)(H,58,73)(H,59,74)(H,60,69)(H,61,70)(H,62,71)(H,63,72)(H,64,75)/t32-,33-,34-,35-,36-,37-,38+,39+,40-,41-,42+,43+,44+/m0/s1. The van der Waals surface area contributed by atoms with E-state index < -0.39 is 150 Å². The van der Waals surface area contributed by atoms with Gasteiger partial charge in [0, 0.05) is 19.5 Å². The van der Waals surface area contributed by atoms with Crippen LogP contribution in [0.25, 0.3) is 0 Å². The van der Waals surface area contributed by atoms with E-state index in [2.05, 4.69) is 42.5 Å². The van der Waals surface area contributed by atoms with Crippen LogP contribution in [0, 0.1) is 23.7 Å². The molecule has 432 valence electrons. The number of aliphatic hydroxyl groups excluding tert-OH is 2. The molecule has 1 aromatic rings. The number of fused-ring (bicyclic) bond motifs is 3. The third kappa shape index (κ3) is 18.4. The van der Waals surface area contributed by atoms with Crippen molar-refractivity contribution in [1.82, 2.24) is 47.4 Å². The second kappa shape index (κ2) is 30.4. The molecule has 4 rings (SSSR count). The Bertz CT molecular complexity index is 2170. The number of carbonyl (C=O) groups excluding carboxylic acids is 9. The molecule has 16 N–H and O–H groups in total. The van der Waals surface area contributed by atoms with Crippen LogP contribution in [0.2, 0.25) is 0 Å². The minimum Gasteiger partial charge on any atom is -0.389 e. The van der Waals surface area contributed by atoms with E-state index in [0.29, 0.717) is 12.0 Å². The van der Waals surface area contributed by atoms with Crippen molar-refractivity contribution in [3.8, 4) is 0 Å². The van der Waals surface area contributed by atoms with Crippen LogP contribution in [0.5, 0.6) is 0 Å². The number of aliphatic hydroxyl groups is 2. The number of carbonyl (C=O) groups is 9. The van der Waals surface area contributed by atoms with Gasteiger partial charge in [0.05, 0.1) is 6.04 Å². The molecule has 24 nitrogen and oxygen atoms in total. The lowest BCUT2D eigenvalue weighted by molar-refractivity contribution is -0.185. The molecule has 0 saturated carbocycles. The maximum atomic E-state index is 14.8. The molecule has 0 aliphatic carbocycles. The van der Waals surface area contributed by atoms with Gasteiger partial charge in [0.1, 0.15) is 66.6 Å². The fraction of sp³-hybridized carbons (Fsp3) is 0.717. The molecule has 0 spiro atoms. The van der Waals surface area contributed by atoms with Gasteiger partial charge in [-0.15, -0.1) is 0 Å². The number of amides is 9. The summed E-state index contributed by atoms with van der Waals surface area (Å²) >= 11 is 0. The number of nitrogens with one attached hydrogen (secondary N) is 8. The Hall–Kier alpha value is -5.79. The van der Waals surface area contributed by atoms with E-state index in [1.165, 1.54) is 4.90 Å². The normalized spacial score (nSPS) is 30.4. The molecule has 0 aromatic heterocycles. The molecular formula is C53H88N12O12. The van der Waals surface area contributed by atoms with Crippen molar-refractivity contribution in [3.63, 3.8) is 0 Å². The van der Waals surface area contributed by atoms with Crippen molar-refractivity contribution in [2.75, 3.05) is 26.2 Å². The number of nitrogens with two attached hydrogens (primary N) is 3. The lowest BCUT2D eigenvalue weighted by Crippen LogP contribution is -2.68. The second-order valence-electron chi connectivity index (χ2n) is 22.2. The summed E-state index contributed by atoms with van der Waals surface area (Å²) in [5.41, 5.74) is 18.7. The first-order chi connectivity index (χ1) is 36.4. The van der Waals surface area contributed by atoms with Gasteiger partial charge in [0.2, 0.25) is 47.3 Å². The van der Waals surface area contributed by atoms with Crippen LogP contribution in [0.1, 0.15) is 112 Å². The molecule has 1 aromatic carbocycles. The Morgan fingerprint density at radius 3 is 1.55 bits per heavy atom. The summed E-state index contributed by atoms with van der Waals surface area (Å²) in [6.45, 7) is 14.0. The van der Waals surface area contributed by atoms with Crippen LogP contribution in [0.15, 0.2) is 30.3 Å². The van der Waals surface area contributed by atoms with Gasteiger partial charge >= 0.3 is 0 Å². The maximum absolute atomic E-state index is 14.8. The highest BCUT2D eigenvalue weighted by molar-refractivity contribution is 5.98. The highest BCUT2D eigenvalue weighted by Gasteiger charge is 2.47. The van der Waals surface area contributed by atoms with E-state index in [0.717, 1.165) is 0 Å². The maximum Gasteiger partial charge on any atom is 0.251 e. The van der Waals surface area contributed by atoms with Crippen LogP contribution in [0.3, 0.4) is 0 Å². The summed E-state index contributed by atoms with van der Waals surface area (Å²) in [4.78, 5) is 130. The van der Waals surface area contributed by atoms with Crippen LogP contribution < -0.4 is 59.7 Å². The third-order valence-corrected chi connectivity index (χ3v) is 14.1. The molecule has 9 amide bonds. The van der Waals surface area contributed by atoms with E-state index in [1.54, 1.807) is 58.0 Å². The van der Waals surface area contributed by atoms with Crippen molar-refractivity contribution >= 4 is 53.2 Å². The average molecular weight is 1090 g/mol. The summed E-state index contributed by atoms with van der Waals surface area (Å²) in [6, 6.07) is -2.31. The third-order valence-electron chi connectivity index (χ3n) is 14.1. The molecule has 3 fully saturated rings. The summed E-state index contributed by atoms with van der Waals surface area (Å²) in [5, 5.41) is 44.1. The summed E-state index contributed by atoms with van der Waals surface area (Å²) in [6.07, 6.45) is -5.00. The number of nitrogens with zero attached hydrogens (tertiary/aromatic N) is 1. The molecule has 3 aliphatic rings. The predicted molar refractivity (Wildman–Crippen MR) is 285 cm³/mol. The van der Waals surface area contributed by atoms with Crippen LogP contribution in [-0.2, 0) is 54.3 Å². The van der Waals surface area contributed by atoms with E-state index >= 15 is 0 Å². The zero-order valence-corrected chi connectivity index (χ0v) is 46.1. The van der Waals surface area contributed by atoms with Gasteiger partial charge < -0.3 is 79.6 Å². The van der Waals surface area contributed by atoms with Crippen molar-refractivity contribution in [3.05, 3.63) is 35.9 Å². The van der Waals surface area contributed by atoms with Gasteiger partial charge in [0.15, 0.2) is 6.10 Å². The number of benzene rings is 1. The average Bonchev–Trinajstić information content (AvgIpc) is 3.87. The minimum absolute atomic E-state index is 0.00997. The topological polar surface area (TPSA) is 381 Å². The molecule has 77 heavy (non-hydrogen) atoms. The molecule has 13 atom stereocenters. The van der Waals surface area contributed by atoms with E-state index in [1.807, 2.05) is 27.7 Å². The Kier molecular flexibility index (Phi) is 25.2. The highest BCUT2D eigenvalue weighted by Crippen LogP contribution is 2.23. The fourth-order valence-corrected chi connectivity index (χ4v) is 9.75. The molecule has 3 aliphatic heterocycles. The van der Waals surface area contributed by atoms with Crippen LogP contribution in [-0.4, -0.2) is 173 Å². The largest absolute Gasteiger partial charge is 0.389 e. The van der Waals surface area contributed by atoms with Gasteiger partial charge in [-0.3, -0.25) is 43.2 Å². The van der Waals surface area contributed by atoms with Crippen molar-refractivity contribution in [2.45, 2.75) is 192 Å². The van der Waals surface area contributed by atoms with Gasteiger partial charge in [-0.25, -0.2) is 0 Å². The zero-order valence-electron chi connectivity index (χ0n) is 46.1. The van der Waals surface area contributed by atoms with Crippen LogP contribution in [0.4, 0.5) is 0 Å². The lowest BCUT2D eigenvalue weighted by Gasteiger charge is -2.41. The Morgan fingerprint density at radius 2 is 1.05 bits per heavy atom. The summed E-state index contributed by atoms with van der Waals surface area (Å²) in [7, 11) is 0. The molecule has 2 bridgehead atoms. The van der Waals surface area contributed by atoms with Gasteiger partial charge in [0.25, 0.3) is 5.91 Å². The zero-order chi connectivity index (χ0) is 57.3. The smallest absolute Gasteiger partial charge is 0.251 e. The second-order valence-corrected chi connectivity index (χ2v) is 22.2. The number of hydrogen-bond donors (Lipinski definition) is 13. The Balaban J connectivity index is 1.80. The summed E-state index contributed by atoms with van der Waals surface area (Å²) in [5.74, 6) is -7.98. The minimum atomic E-state index is -1.75. The van der Waals surface area contributed by atoms with Gasteiger partial charge in [-0.1, -0.05) is 85.7 Å².